The molecule has 1 aliphatic rings. The molecular weight excluding hydrogens is 281 g/mol. The summed E-state index contributed by atoms with van der Waals surface area (Å²) >= 11 is 0. The Bertz CT molecular complexity index is 480. The van der Waals surface area contributed by atoms with Crippen molar-refractivity contribution in [3.8, 4) is 0 Å². The third-order valence-corrected chi connectivity index (χ3v) is 3.87. The second-order valence-corrected chi connectivity index (χ2v) is 5.72. The fraction of sp³-hybridized carbons (Fsp3) is 0.714. The summed E-state index contributed by atoms with van der Waals surface area (Å²) in [7, 11) is 0. The Morgan fingerprint density at radius 3 is 2.43 bits per heavy atom. The summed E-state index contributed by atoms with van der Waals surface area (Å²) < 4.78 is 38.1. The summed E-state index contributed by atoms with van der Waals surface area (Å²) in [5, 5.41) is 0. The van der Waals surface area contributed by atoms with Gasteiger partial charge in [-0.15, -0.1) is 0 Å². The predicted octanol–water partition coefficient (Wildman–Crippen LogP) is 2.84. The van der Waals surface area contributed by atoms with Crippen LogP contribution in [0.5, 0.6) is 0 Å². The smallest absolute Gasteiger partial charge is 0.369 e. The van der Waals surface area contributed by atoms with Crippen LogP contribution in [0.2, 0.25) is 0 Å². The van der Waals surface area contributed by atoms with E-state index in [1.807, 2.05) is 18.7 Å². The molecule has 0 aliphatic carbocycles. The van der Waals surface area contributed by atoms with Crippen molar-refractivity contribution in [2.45, 2.75) is 45.3 Å². The van der Waals surface area contributed by atoms with Crippen LogP contribution in [0, 0.1) is 5.92 Å². The molecule has 1 saturated heterocycles. The monoisotopic (exact) mass is 302 g/mol. The molecule has 2 rings (SSSR count). The van der Waals surface area contributed by atoms with Gasteiger partial charge in [0, 0.05) is 25.6 Å². The molecule has 2 N–H and O–H groups in total. The summed E-state index contributed by atoms with van der Waals surface area (Å²) in [5.74, 6) is -0.296. The minimum absolute atomic E-state index is 0.111. The number of rotatable bonds is 3. The molecule has 0 radical (unpaired) electrons. The van der Waals surface area contributed by atoms with Gasteiger partial charge in [-0.2, -0.15) is 13.2 Å². The summed E-state index contributed by atoms with van der Waals surface area (Å²) in [4.78, 5) is 10.6. The normalized spacial score (nSPS) is 17.6. The fourth-order valence-electron chi connectivity index (χ4n) is 2.57. The summed E-state index contributed by atoms with van der Waals surface area (Å²) in [6.07, 6.45) is -2.18. The molecule has 0 atom stereocenters. The van der Waals surface area contributed by atoms with Crippen LogP contribution in [-0.4, -0.2) is 29.2 Å². The maximum absolute atomic E-state index is 12.7. The fourth-order valence-corrected chi connectivity index (χ4v) is 2.57. The van der Waals surface area contributed by atoms with Gasteiger partial charge in [0.05, 0.1) is 23.5 Å². The quantitative estimate of drug-likeness (QED) is 0.933. The van der Waals surface area contributed by atoms with Crippen molar-refractivity contribution in [3.05, 3.63) is 17.7 Å². The molecular formula is C14H21F3N4. The molecule has 1 aliphatic heterocycles. The van der Waals surface area contributed by atoms with E-state index < -0.39 is 12.1 Å². The first kappa shape index (κ1) is 16.0. The van der Waals surface area contributed by atoms with Gasteiger partial charge in [-0.05, 0) is 12.8 Å². The van der Waals surface area contributed by atoms with Crippen LogP contribution in [0.1, 0.15) is 44.1 Å². The lowest BCUT2D eigenvalue weighted by Crippen LogP contribution is -2.39. The standard InChI is InChI=1S/C14H21F3N4/c1-9(2)13-19-8-12(11(7-18)20-13)21-5-3-10(4-6-21)14(15,16)17/h8-10H,3-7,18H2,1-2H3. The molecule has 4 nitrogen and oxygen atoms in total. The molecule has 1 aromatic heterocycles. The van der Waals surface area contributed by atoms with E-state index in [2.05, 4.69) is 9.97 Å². The number of piperidine rings is 1. The maximum atomic E-state index is 12.7. The molecule has 2 heterocycles. The number of halogens is 3. The zero-order valence-electron chi connectivity index (χ0n) is 12.3. The van der Waals surface area contributed by atoms with Crippen LogP contribution in [0.25, 0.3) is 0 Å². The number of nitrogens with zero attached hydrogens (tertiary/aromatic N) is 3. The first-order valence-electron chi connectivity index (χ1n) is 7.20. The molecule has 0 spiro atoms. The zero-order valence-corrected chi connectivity index (χ0v) is 12.3. The average Bonchev–Trinajstić information content (AvgIpc) is 2.45. The average molecular weight is 302 g/mol. The van der Waals surface area contributed by atoms with Crippen molar-refractivity contribution in [3.63, 3.8) is 0 Å². The predicted molar refractivity (Wildman–Crippen MR) is 75.0 cm³/mol. The molecule has 118 valence electrons. The highest BCUT2D eigenvalue weighted by Crippen LogP contribution is 2.35. The van der Waals surface area contributed by atoms with E-state index in [1.165, 1.54) is 0 Å². The van der Waals surface area contributed by atoms with Crippen molar-refractivity contribution >= 4 is 5.69 Å². The van der Waals surface area contributed by atoms with E-state index in [0.29, 0.717) is 24.6 Å². The van der Waals surface area contributed by atoms with E-state index in [9.17, 15) is 13.2 Å². The molecule has 0 aromatic carbocycles. The molecule has 1 fully saturated rings. The number of anilines is 1. The Morgan fingerprint density at radius 1 is 1.33 bits per heavy atom. The van der Waals surface area contributed by atoms with Crippen LogP contribution in [0.4, 0.5) is 18.9 Å². The van der Waals surface area contributed by atoms with Gasteiger partial charge in [-0.3, -0.25) is 0 Å². The highest BCUT2D eigenvalue weighted by Gasteiger charge is 2.41. The van der Waals surface area contributed by atoms with Crippen molar-refractivity contribution in [1.29, 1.82) is 0 Å². The largest absolute Gasteiger partial charge is 0.391 e. The molecule has 1 aromatic rings. The Labute approximate surface area is 122 Å². The van der Waals surface area contributed by atoms with Gasteiger partial charge in [-0.1, -0.05) is 13.8 Å². The number of hydrogen-bond donors (Lipinski definition) is 1. The van der Waals surface area contributed by atoms with Gasteiger partial charge in [0.2, 0.25) is 0 Å². The summed E-state index contributed by atoms with van der Waals surface area (Å²) in [5.41, 5.74) is 7.20. The van der Waals surface area contributed by atoms with Gasteiger partial charge in [0.15, 0.2) is 0 Å². The first-order valence-corrected chi connectivity index (χ1v) is 7.20. The van der Waals surface area contributed by atoms with Crippen LogP contribution in [-0.2, 0) is 6.54 Å². The lowest BCUT2D eigenvalue weighted by Gasteiger charge is -2.35. The molecule has 0 bridgehead atoms. The number of hydrogen-bond acceptors (Lipinski definition) is 4. The molecule has 7 heteroatoms. The number of nitrogens with two attached hydrogens (primary N) is 1. The highest BCUT2D eigenvalue weighted by molar-refractivity contribution is 5.49. The van der Waals surface area contributed by atoms with Crippen molar-refractivity contribution in [2.75, 3.05) is 18.0 Å². The third-order valence-electron chi connectivity index (χ3n) is 3.87. The third kappa shape index (κ3) is 3.64. The Balaban J connectivity index is 2.13. The van der Waals surface area contributed by atoms with Crippen LogP contribution >= 0.6 is 0 Å². The van der Waals surface area contributed by atoms with Crippen LogP contribution < -0.4 is 10.6 Å². The lowest BCUT2D eigenvalue weighted by molar-refractivity contribution is -0.179. The first-order chi connectivity index (χ1) is 9.82. The van der Waals surface area contributed by atoms with E-state index >= 15 is 0 Å². The Morgan fingerprint density at radius 2 is 1.95 bits per heavy atom. The molecule has 21 heavy (non-hydrogen) atoms. The van der Waals surface area contributed by atoms with Gasteiger partial charge in [0.25, 0.3) is 0 Å². The van der Waals surface area contributed by atoms with Gasteiger partial charge < -0.3 is 10.6 Å². The van der Waals surface area contributed by atoms with Gasteiger partial charge >= 0.3 is 6.18 Å². The topological polar surface area (TPSA) is 55.0 Å². The molecule has 0 unspecified atom stereocenters. The minimum Gasteiger partial charge on any atom is -0.369 e. The number of aromatic nitrogens is 2. The SMILES string of the molecule is CC(C)c1ncc(N2CCC(C(F)(F)F)CC2)c(CN)n1. The second-order valence-electron chi connectivity index (χ2n) is 5.72. The van der Waals surface area contributed by atoms with Gasteiger partial charge in [-0.25, -0.2) is 9.97 Å². The van der Waals surface area contributed by atoms with Gasteiger partial charge in [0.1, 0.15) is 5.82 Å². The van der Waals surface area contributed by atoms with Crippen LogP contribution in [0.15, 0.2) is 6.20 Å². The Hall–Kier alpha value is -1.37. The van der Waals surface area contributed by atoms with Crippen molar-refractivity contribution in [2.24, 2.45) is 11.7 Å². The zero-order chi connectivity index (χ0) is 15.6. The van der Waals surface area contributed by atoms with E-state index in [-0.39, 0.29) is 25.3 Å². The van der Waals surface area contributed by atoms with E-state index in [1.54, 1.807) is 6.20 Å². The van der Waals surface area contributed by atoms with E-state index in [0.717, 1.165) is 5.69 Å². The maximum Gasteiger partial charge on any atom is 0.391 e. The van der Waals surface area contributed by atoms with E-state index in [4.69, 9.17) is 5.73 Å². The minimum atomic E-state index is -4.10. The van der Waals surface area contributed by atoms with Crippen molar-refractivity contribution in [1.82, 2.24) is 9.97 Å². The molecule has 0 amide bonds. The Kier molecular flexibility index (Phi) is 4.70. The lowest BCUT2D eigenvalue weighted by atomic mass is 9.96. The second kappa shape index (κ2) is 6.17. The highest BCUT2D eigenvalue weighted by atomic mass is 19.4. The summed E-state index contributed by atoms with van der Waals surface area (Å²) in [6, 6.07) is 0. The van der Waals surface area contributed by atoms with Crippen LogP contribution in [0.3, 0.4) is 0 Å². The summed E-state index contributed by atoms with van der Waals surface area (Å²) in [6.45, 7) is 4.97. The van der Waals surface area contributed by atoms with Crippen molar-refractivity contribution < 1.29 is 13.2 Å². The molecule has 0 saturated carbocycles. The number of alkyl halides is 3.